The van der Waals surface area contributed by atoms with Crippen molar-refractivity contribution >= 4 is 49.5 Å². The maximum absolute atomic E-state index is 13.6. The first-order chi connectivity index (χ1) is 14.9. The van der Waals surface area contributed by atoms with Crippen LogP contribution in [0.4, 0.5) is 5.82 Å². The van der Waals surface area contributed by atoms with Crippen LogP contribution in [0.1, 0.15) is 5.56 Å². The molecule has 6 nitrogen and oxygen atoms in total. The summed E-state index contributed by atoms with van der Waals surface area (Å²) in [5, 5.41) is 0.496. The van der Waals surface area contributed by atoms with Crippen molar-refractivity contribution in [2.75, 3.05) is 5.73 Å². The lowest BCUT2D eigenvalue weighted by Crippen LogP contribution is -2.07. The number of nitrogen functional groups attached to an aromatic ring is 1. The second kappa shape index (κ2) is 7.08. The van der Waals surface area contributed by atoms with Crippen LogP contribution in [0.2, 0.25) is 5.02 Å². The van der Waals surface area contributed by atoms with Crippen molar-refractivity contribution in [2.24, 2.45) is 0 Å². The zero-order valence-corrected chi connectivity index (χ0v) is 18.0. The normalized spacial score (nSPS) is 11.9. The van der Waals surface area contributed by atoms with Gasteiger partial charge in [-0.3, -0.25) is 4.57 Å². The monoisotopic (exact) mass is 448 g/mol. The number of aromatic nitrogens is 3. The molecule has 8 heteroatoms. The Morgan fingerprint density at radius 1 is 0.903 bits per heavy atom. The largest absolute Gasteiger partial charge is 0.384 e. The number of anilines is 1. The van der Waals surface area contributed by atoms with Gasteiger partial charge in [0.2, 0.25) is 9.84 Å². The number of hydrogen-bond donors (Lipinski definition) is 1. The molecule has 5 rings (SSSR count). The van der Waals surface area contributed by atoms with Crippen molar-refractivity contribution in [3.8, 4) is 5.69 Å². The molecule has 0 spiro atoms. The number of hydrogen-bond acceptors (Lipinski definition) is 5. The summed E-state index contributed by atoms with van der Waals surface area (Å²) in [7, 11) is -3.96. The molecule has 2 heterocycles. The van der Waals surface area contributed by atoms with E-state index in [2.05, 4.69) is 4.98 Å². The van der Waals surface area contributed by atoms with Gasteiger partial charge in [0.15, 0.2) is 5.65 Å². The number of para-hydroxylation sites is 2. The molecule has 0 aliphatic carbocycles. The Balaban J connectivity index is 1.91. The lowest BCUT2D eigenvalue weighted by Gasteiger charge is -2.09. The van der Waals surface area contributed by atoms with Gasteiger partial charge in [-0.15, -0.1) is 0 Å². The number of fused-ring (bicyclic) bond motifs is 2. The van der Waals surface area contributed by atoms with E-state index in [0.29, 0.717) is 27.4 Å². The van der Waals surface area contributed by atoms with E-state index in [0.717, 1.165) is 5.56 Å². The van der Waals surface area contributed by atoms with Gasteiger partial charge in [0, 0.05) is 5.02 Å². The van der Waals surface area contributed by atoms with Crippen LogP contribution >= 0.6 is 11.6 Å². The summed E-state index contributed by atoms with van der Waals surface area (Å²) in [5.74, 6) is 0.0353. The van der Waals surface area contributed by atoms with Gasteiger partial charge < -0.3 is 5.73 Å². The fourth-order valence-corrected chi connectivity index (χ4v) is 5.29. The van der Waals surface area contributed by atoms with Crippen molar-refractivity contribution in [1.29, 1.82) is 0 Å². The van der Waals surface area contributed by atoms with Gasteiger partial charge in [0.25, 0.3) is 0 Å². The first-order valence-electron chi connectivity index (χ1n) is 9.50. The van der Waals surface area contributed by atoms with Crippen LogP contribution in [0.25, 0.3) is 27.9 Å². The molecule has 0 aliphatic rings. The van der Waals surface area contributed by atoms with E-state index < -0.39 is 9.84 Å². The molecule has 0 saturated heterocycles. The molecule has 0 saturated carbocycles. The maximum atomic E-state index is 13.6. The molecule has 0 radical (unpaired) electrons. The fourth-order valence-electron chi connectivity index (χ4n) is 3.61. The minimum Gasteiger partial charge on any atom is -0.384 e. The van der Waals surface area contributed by atoms with E-state index in [-0.39, 0.29) is 21.1 Å². The predicted octanol–water partition coefficient (Wildman–Crippen LogP) is 4.95. The summed E-state index contributed by atoms with van der Waals surface area (Å²) >= 11 is 6.19. The van der Waals surface area contributed by atoms with Crippen LogP contribution in [0.15, 0.2) is 82.6 Å². The summed E-state index contributed by atoms with van der Waals surface area (Å²) in [6, 6.07) is 20.9. The van der Waals surface area contributed by atoms with Crippen LogP contribution in [0.5, 0.6) is 0 Å². The highest BCUT2D eigenvalue weighted by Gasteiger charge is 2.30. The number of aryl methyl sites for hydroxylation is 1. The molecule has 154 valence electrons. The Bertz CT molecular complexity index is 1580. The molecule has 2 aromatic heterocycles. The third-order valence-electron chi connectivity index (χ3n) is 5.12. The predicted molar refractivity (Wildman–Crippen MR) is 122 cm³/mol. The zero-order chi connectivity index (χ0) is 21.8. The summed E-state index contributed by atoms with van der Waals surface area (Å²) in [6.45, 7) is 1.90. The molecule has 0 amide bonds. The Labute approximate surface area is 183 Å². The Morgan fingerprint density at radius 2 is 1.58 bits per heavy atom. The summed E-state index contributed by atoms with van der Waals surface area (Å²) in [6.07, 6.45) is 0. The fraction of sp³-hybridized carbons (Fsp3) is 0.0435. The van der Waals surface area contributed by atoms with Gasteiger partial charge >= 0.3 is 0 Å². The van der Waals surface area contributed by atoms with Crippen molar-refractivity contribution in [3.05, 3.63) is 83.4 Å². The minimum absolute atomic E-state index is 0.0353. The second-order valence-corrected chi connectivity index (χ2v) is 9.55. The first-order valence-corrected chi connectivity index (χ1v) is 11.4. The molecule has 0 fully saturated rings. The zero-order valence-electron chi connectivity index (χ0n) is 16.4. The van der Waals surface area contributed by atoms with Gasteiger partial charge in [-0.1, -0.05) is 47.5 Å². The van der Waals surface area contributed by atoms with E-state index in [9.17, 15) is 8.42 Å². The third-order valence-corrected chi connectivity index (χ3v) is 7.19. The summed E-state index contributed by atoms with van der Waals surface area (Å²) in [5.41, 5.74) is 9.82. The molecular weight excluding hydrogens is 432 g/mol. The molecule has 0 unspecified atom stereocenters. The number of nitrogens with zero attached hydrogens (tertiary/aromatic N) is 3. The standard InChI is InChI=1S/C23H17ClN4O2S/c1-14-9-11-17(12-10-14)31(29,30)21-20-23(27-19-8-3-2-7-18(19)26-20)28(22(21)25)16-6-4-5-15(24)13-16/h2-13H,25H2,1H3. The molecule has 2 N–H and O–H groups in total. The third kappa shape index (κ3) is 3.13. The smallest absolute Gasteiger partial charge is 0.212 e. The van der Waals surface area contributed by atoms with Crippen molar-refractivity contribution in [3.63, 3.8) is 0 Å². The lowest BCUT2D eigenvalue weighted by molar-refractivity contribution is 0.597. The van der Waals surface area contributed by atoms with E-state index in [1.807, 2.05) is 25.1 Å². The Kier molecular flexibility index (Phi) is 4.46. The molecule has 0 atom stereocenters. The molecule has 0 bridgehead atoms. The SMILES string of the molecule is Cc1ccc(S(=O)(=O)c2c(N)n(-c3cccc(Cl)c3)c3nc4ccccc4nc23)cc1. The Morgan fingerprint density at radius 3 is 2.26 bits per heavy atom. The van der Waals surface area contributed by atoms with Crippen LogP contribution < -0.4 is 5.73 Å². The van der Waals surface area contributed by atoms with E-state index in [1.165, 1.54) is 0 Å². The second-order valence-electron chi connectivity index (χ2n) is 7.23. The van der Waals surface area contributed by atoms with Crippen LogP contribution in [0, 0.1) is 6.92 Å². The molecular formula is C23H17ClN4O2S. The lowest BCUT2D eigenvalue weighted by atomic mass is 10.2. The van der Waals surface area contributed by atoms with Gasteiger partial charge in [0.1, 0.15) is 16.2 Å². The van der Waals surface area contributed by atoms with Crippen molar-refractivity contribution in [1.82, 2.24) is 14.5 Å². The number of nitrogens with two attached hydrogens (primary N) is 1. The van der Waals surface area contributed by atoms with Gasteiger partial charge in [0.05, 0.1) is 21.6 Å². The molecule has 3 aromatic carbocycles. The first kappa shape index (κ1) is 19.5. The van der Waals surface area contributed by atoms with Crippen LogP contribution in [-0.4, -0.2) is 23.0 Å². The Hall–Kier alpha value is -3.42. The minimum atomic E-state index is -3.96. The molecule has 31 heavy (non-hydrogen) atoms. The van der Waals surface area contributed by atoms with E-state index in [4.69, 9.17) is 22.3 Å². The number of benzene rings is 3. The number of sulfone groups is 1. The average molecular weight is 449 g/mol. The summed E-state index contributed by atoms with van der Waals surface area (Å²) in [4.78, 5) is 9.42. The highest BCUT2D eigenvalue weighted by Crippen LogP contribution is 2.37. The van der Waals surface area contributed by atoms with Crippen molar-refractivity contribution < 1.29 is 8.42 Å². The van der Waals surface area contributed by atoms with E-state index >= 15 is 0 Å². The topological polar surface area (TPSA) is 90.9 Å². The van der Waals surface area contributed by atoms with Gasteiger partial charge in [-0.2, -0.15) is 0 Å². The van der Waals surface area contributed by atoms with Crippen LogP contribution in [-0.2, 0) is 9.84 Å². The number of halogens is 1. The summed E-state index contributed by atoms with van der Waals surface area (Å²) < 4.78 is 28.9. The van der Waals surface area contributed by atoms with E-state index in [1.54, 1.807) is 59.2 Å². The van der Waals surface area contributed by atoms with Gasteiger partial charge in [-0.05, 0) is 49.4 Å². The van der Waals surface area contributed by atoms with Crippen LogP contribution in [0.3, 0.4) is 0 Å². The quantitative estimate of drug-likeness (QED) is 0.421. The highest BCUT2D eigenvalue weighted by atomic mass is 35.5. The average Bonchev–Trinajstić information content (AvgIpc) is 3.03. The number of rotatable bonds is 3. The highest BCUT2D eigenvalue weighted by molar-refractivity contribution is 7.92. The molecule has 5 aromatic rings. The maximum Gasteiger partial charge on any atom is 0.212 e. The van der Waals surface area contributed by atoms with Gasteiger partial charge in [-0.25, -0.2) is 18.4 Å². The molecule has 0 aliphatic heterocycles. The van der Waals surface area contributed by atoms with Crippen molar-refractivity contribution in [2.45, 2.75) is 16.7 Å².